The second-order valence-electron chi connectivity index (χ2n) is 4.25. The van der Waals surface area contributed by atoms with Crippen LogP contribution in [-0.4, -0.2) is 31.1 Å². The standard InChI is InChI=1S/C14H18N2O4/c1-3-8-15-14(19)16-12(17)9-20-13(18)11-6-4-10(2)5-7-11/h4-7H,3,8-9H2,1-2H3,(H2,15,16,17,19). The molecule has 3 amide bonds. The molecule has 0 atom stereocenters. The summed E-state index contributed by atoms with van der Waals surface area (Å²) in [6.07, 6.45) is 0.768. The van der Waals surface area contributed by atoms with Gasteiger partial charge in [-0.25, -0.2) is 9.59 Å². The van der Waals surface area contributed by atoms with Gasteiger partial charge < -0.3 is 10.1 Å². The molecule has 6 nitrogen and oxygen atoms in total. The first-order valence-corrected chi connectivity index (χ1v) is 6.34. The van der Waals surface area contributed by atoms with Crippen LogP contribution in [0.2, 0.25) is 0 Å². The molecule has 2 N–H and O–H groups in total. The minimum Gasteiger partial charge on any atom is -0.452 e. The Morgan fingerprint density at radius 3 is 2.40 bits per heavy atom. The van der Waals surface area contributed by atoms with E-state index in [2.05, 4.69) is 10.6 Å². The third-order valence-corrected chi connectivity index (χ3v) is 2.41. The summed E-state index contributed by atoms with van der Waals surface area (Å²) in [4.78, 5) is 34.2. The topological polar surface area (TPSA) is 84.5 Å². The molecule has 0 heterocycles. The maximum absolute atomic E-state index is 11.6. The van der Waals surface area contributed by atoms with Crippen molar-refractivity contribution >= 4 is 17.9 Å². The second kappa shape index (κ2) is 7.93. The summed E-state index contributed by atoms with van der Waals surface area (Å²) >= 11 is 0. The van der Waals surface area contributed by atoms with Crippen LogP contribution in [0, 0.1) is 6.92 Å². The quantitative estimate of drug-likeness (QED) is 0.797. The van der Waals surface area contributed by atoms with Crippen LogP contribution in [-0.2, 0) is 9.53 Å². The molecule has 6 heteroatoms. The van der Waals surface area contributed by atoms with Gasteiger partial charge in [-0.2, -0.15) is 0 Å². The monoisotopic (exact) mass is 278 g/mol. The van der Waals surface area contributed by atoms with Crippen LogP contribution in [0.4, 0.5) is 4.79 Å². The lowest BCUT2D eigenvalue weighted by Crippen LogP contribution is -2.41. The number of hydrogen-bond acceptors (Lipinski definition) is 4. The van der Waals surface area contributed by atoms with Gasteiger partial charge in [0.25, 0.3) is 5.91 Å². The average molecular weight is 278 g/mol. The van der Waals surface area contributed by atoms with E-state index in [1.54, 1.807) is 24.3 Å². The number of nitrogens with one attached hydrogen (secondary N) is 2. The third-order valence-electron chi connectivity index (χ3n) is 2.41. The number of hydrogen-bond donors (Lipinski definition) is 2. The maximum Gasteiger partial charge on any atom is 0.338 e. The molecule has 0 aliphatic rings. The highest BCUT2D eigenvalue weighted by Gasteiger charge is 2.11. The molecular weight excluding hydrogens is 260 g/mol. The summed E-state index contributed by atoms with van der Waals surface area (Å²) in [5.74, 6) is -1.27. The fourth-order valence-corrected chi connectivity index (χ4v) is 1.35. The number of ether oxygens (including phenoxy) is 1. The summed E-state index contributed by atoms with van der Waals surface area (Å²) in [5, 5.41) is 4.54. The number of carbonyl (C=O) groups is 3. The number of esters is 1. The molecule has 0 unspecified atom stereocenters. The Bertz CT molecular complexity index is 482. The highest BCUT2D eigenvalue weighted by molar-refractivity contribution is 5.96. The van der Waals surface area contributed by atoms with Gasteiger partial charge in [0.1, 0.15) is 0 Å². The third kappa shape index (κ3) is 5.51. The molecule has 0 aliphatic carbocycles. The molecule has 0 aliphatic heterocycles. The average Bonchev–Trinajstić information content (AvgIpc) is 2.43. The molecule has 20 heavy (non-hydrogen) atoms. The zero-order valence-corrected chi connectivity index (χ0v) is 11.6. The van der Waals surface area contributed by atoms with Crippen molar-refractivity contribution in [3.8, 4) is 0 Å². The van der Waals surface area contributed by atoms with Gasteiger partial charge >= 0.3 is 12.0 Å². The van der Waals surface area contributed by atoms with Crippen molar-refractivity contribution in [3.05, 3.63) is 35.4 Å². The summed E-state index contributed by atoms with van der Waals surface area (Å²) in [6.45, 7) is 3.78. The van der Waals surface area contributed by atoms with Crippen LogP contribution in [0.1, 0.15) is 29.3 Å². The van der Waals surface area contributed by atoms with Crippen LogP contribution < -0.4 is 10.6 Å². The summed E-state index contributed by atoms with van der Waals surface area (Å²) in [7, 11) is 0. The van der Waals surface area contributed by atoms with Crippen molar-refractivity contribution < 1.29 is 19.1 Å². The lowest BCUT2D eigenvalue weighted by Gasteiger charge is -2.06. The Labute approximate surface area is 117 Å². The molecule has 0 saturated carbocycles. The first-order chi connectivity index (χ1) is 9.52. The molecule has 0 saturated heterocycles. The van der Waals surface area contributed by atoms with Gasteiger partial charge in [0, 0.05) is 6.54 Å². The van der Waals surface area contributed by atoms with Crippen molar-refractivity contribution in [2.24, 2.45) is 0 Å². The zero-order chi connectivity index (χ0) is 15.0. The van der Waals surface area contributed by atoms with Crippen LogP contribution >= 0.6 is 0 Å². The number of urea groups is 1. The van der Waals surface area contributed by atoms with E-state index in [1.807, 2.05) is 13.8 Å². The molecule has 1 rings (SSSR count). The largest absolute Gasteiger partial charge is 0.452 e. The van der Waals surface area contributed by atoms with Crippen LogP contribution in [0.3, 0.4) is 0 Å². The summed E-state index contributed by atoms with van der Waals surface area (Å²) in [5.41, 5.74) is 1.38. The molecular formula is C14H18N2O4. The smallest absolute Gasteiger partial charge is 0.338 e. The number of benzene rings is 1. The maximum atomic E-state index is 11.6. The fourth-order valence-electron chi connectivity index (χ4n) is 1.35. The number of aryl methyl sites for hydroxylation is 1. The van der Waals surface area contributed by atoms with Gasteiger partial charge in [0.05, 0.1) is 5.56 Å². The van der Waals surface area contributed by atoms with Gasteiger partial charge in [0.2, 0.25) is 0 Å². The van der Waals surface area contributed by atoms with Crippen molar-refractivity contribution in [3.63, 3.8) is 0 Å². The molecule has 0 radical (unpaired) electrons. The van der Waals surface area contributed by atoms with E-state index in [-0.39, 0.29) is 0 Å². The Morgan fingerprint density at radius 1 is 1.15 bits per heavy atom. The SMILES string of the molecule is CCCNC(=O)NC(=O)COC(=O)c1ccc(C)cc1. The van der Waals surface area contributed by atoms with Crippen molar-refractivity contribution in [2.45, 2.75) is 20.3 Å². The van der Waals surface area contributed by atoms with Gasteiger partial charge in [-0.3, -0.25) is 10.1 Å². The molecule has 1 aromatic carbocycles. The van der Waals surface area contributed by atoms with Crippen molar-refractivity contribution in [2.75, 3.05) is 13.2 Å². The van der Waals surface area contributed by atoms with Gasteiger partial charge in [0.15, 0.2) is 6.61 Å². The summed E-state index contributed by atoms with van der Waals surface area (Å²) in [6, 6.07) is 6.18. The zero-order valence-electron chi connectivity index (χ0n) is 11.6. The predicted octanol–water partition coefficient (Wildman–Crippen LogP) is 1.39. The van der Waals surface area contributed by atoms with E-state index in [4.69, 9.17) is 4.74 Å². The van der Waals surface area contributed by atoms with E-state index in [0.29, 0.717) is 12.1 Å². The minimum absolute atomic E-state index is 0.360. The molecule has 0 spiro atoms. The number of rotatable bonds is 5. The first-order valence-electron chi connectivity index (χ1n) is 6.34. The number of amides is 3. The van der Waals surface area contributed by atoms with E-state index in [0.717, 1.165) is 12.0 Å². The summed E-state index contributed by atoms with van der Waals surface area (Å²) < 4.78 is 4.80. The van der Waals surface area contributed by atoms with Crippen LogP contribution in [0.15, 0.2) is 24.3 Å². The highest BCUT2D eigenvalue weighted by atomic mass is 16.5. The number of imide groups is 1. The lowest BCUT2D eigenvalue weighted by molar-refractivity contribution is -0.123. The first kappa shape index (κ1) is 15.7. The Morgan fingerprint density at radius 2 is 1.80 bits per heavy atom. The molecule has 0 bridgehead atoms. The Hall–Kier alpha value is -2.37. The molecule has 0 aromatic heterocycles. The normalized spacial score (nSPS) is 9.70. The highest BCUT2D eigenvalue weighted by Crippen LogP contribution is 2.04. The Kier molecular flexibility index (Phi) is 6.22. The van der Waals surface area contributed by atoms with Gasteiger partial charge in [-0.15, -0.1) is 0 Å². The minimum atomic E-state index is -0.668. The van der Waals surface area contributed by atoms with Crippen molar-refractivity contribution in [1.29, 1.82) is 0 Å². The van der Waals surface area contributed by atoms with Gasteiger partial charge in [-0.05, 0) is 25.5 Å². The van der Waals surface area contributed by atoms with Crippen molar-refractivity contribution in [1.82, 2.24) is 10.6 Å². The second-order valence-corrected chi connectivity index (χ2v) is 4.25. The fraction of sp³-hybridized carbons (Fsp3) is 0.357. The van der Waals surface area contributed by atoms with Crippen LogP contribution in [0.5, 0.6) is 0 Å². The van der Waals surface area contributed by atoms with Gasteiger partial charge in [-0.1, -0.05) is 24.6 Å². The molecule has 0 fully saturated rings. The van der Waals surface area contributed by atoms with E-state index < -0.39 is 24.5 Å². The lowest BCUT2D eigenvalue weighted by atomic mass is 10.1. The van der Waals surface area contributed by atoms with E-state index in [1.165, 1.54) is 0 Å². The van der Waals surface area contributed by atoms with E-state index in [9.17, 15) is 14.4 Å². The molecule has 1 aromatic rings. The van der Waals surface area contributed by atoms with E-state index >= 15 is 0 Å². The molecule has 108 valence electrons. The van der Waals surface area contributed by atoms with Crippen LogP contribution in [0.25, 0.3) is 0 Å². The predicted molar refractivity (Wildman–Crippen MR) is 73.3 cm³/mol. The Balaban J connectivity index is 2.35. The number of carbonyl (C=O) groups excluding carboxylic acids is 3.